The van der Waals surface area contributed by atoms with Crippen LogP contribution >= 0.6 is 0 Å². The summed E-state index contributed by atoms with van der Waals surface area (Å²) in [6.45, 7) is 5.92. The van der Waals surface area contributed by atoms with E-state index < -0.39 is 0 Å². The SMILES string of the molecule is c1ccc2c(c1)CNCCN2C1CCN2CCCC12. The molecule has 2 unspecified atom stereocenters. The number of rotatable bonds is 1. The molecule has 3 aliphatic rings. The molecule has 102 valence electrons. The molecule has 3 heterocycles. The van der Waals surface area contributed by atoms with Gasteiger partial charge in [0, 0.05) is 44.0 Å². The molecule has 0 aromatic heterocycles. The third-order valence-corrected chi connectivity index (χ3v) is 5.12. The summed E-state index contributed by atoms with van der Waals surface area (Å²) in [6.07, 6.45) is 4.14. The summed E-state index contributed by atoms with van der Waals surface area (Å²) in [6, 6.07) is 10.5. The lowest BCUT2D eigenvalue weighted by molar-refractivity contribution is 0.310. The van der Waals surface area contributed by atoms with Crippen LogP contribution < -0.4 is 10.2 Å². The third kappa shape index (κ3) is 1.96. The molecule has 0 radical (unpaired) electrons. The van der Waals surface area contributed by atoms with Gasteiger partial charge in [0.1, 0.15) is 0 Å². The van der Waals surface area contributed by atoms with Crippen LogP contribution in [0.25, 0.3) is 0 Å². The quantitative estimate of drug-likeness (QED) is 0.828. The second-order valence-electron chi connectivity index (χ2n) is 6.10. The van der Waals surface area contributed by atoms with Crippen LogP contribution in [-0.4, -0.2) is 43.2 Å². The van der Waals surface area contributed by atoms with Gasteiger partial charge in [-0.05, 0) is 37.4 Å². The number of benzene rings is 1. The molecule has 2 saturated heterocycles. The van der Waals surface area contributed by atoms with Crippen LogP contribution in [0.1, 0.15) is 24.8 Å². The number of fused-ring (bicyclic) bond motifs is 2. The Kier molecular flexibility index (Phi) is 2.97. The van der Waals surface area contributed by atoms with Gasteiger partial charge in [-0.3, -0.25) is 4.90 Å². The third-order valence-electron chi connectivity index (χ3n) is 5.12. The fourth-order valence-electron chi connectivity index (χ4n) is 4.25. The molecule has 0 spiro atoms. The maximum atomic E-state index is 3.56. The van der Waals surface area contributed by atoms with Crippen molar-refractivity contribution in [2.45, 2.75) is 37.9 Å². The van der Waals surface area contributed by atoms with E-state index in [2.05, 4.69) is 39.4 Å². The van der Waals surface area contributed by atoms with Crippen LogP contribution in [-0.2, 0) is 6.54 Å². The van der Waals surface area contributed by atoms with Gasteiger partial charge in [0.05, 0.1) is 0 Å². The molecule has 0 amide bonds. The molecule has 0 aliphatic carbocycles. The van der Waals surface area contributed by atoms with Gasteiger partial charge < -0.3 is 10.2 Å². The van der Waals surface area contributed by atoms with Gasteiger partial charge in [-0.25, -0.2) is 0 Å². The van der Waals surface area contributed by atoms with Crippen molar-refractivity contribution in [3.63, 3.8) is 0 Å². The lowest BCUT2D eigenvalue weighted by atomic mass is 10.0. The Bertz CT molecular complexity index is 459. The van der Waals surface area contributed by atoms with Gasteiger partial charge >= 0.3 is 0 Å². The Morgan fingerprint density at radius 1 is 1.00 bits per heavy atom. The van der Waals surface area contributed by atoms with Crippen molar-refractivity contribution in [3.05, 3.63) is 29.8 Å². The van der Waals surface area contributed by atoms with Crippen LogP contribution in [0.2, 0.25) is 0 Å². The summed E-state index contributed by atoms with van der Waals surface area (Å²) >= 11 is 0. The topological polar surface area (TPSA) is 18.5 Å². The van der Waals surface area contributed by atoms with Crippen molar-refractivity contribution in [1.82, 2.24) is 10.2 Å². The highest BCUT2D eigenvalue weighted by Crippen LogP contribution is 2.35. The van der Waals surface area contributed by atoms with Gasteiger partial charge in [-0.15, -0.1) is 0 Å². The van der Waals surface area contributed by atoms with Crippen LogP contribution in [0.4, 0.5) is 5.69 Å². The van der Waals surface area contributed by atoms with Crippen LogP contribution in [0, 0.1) is 0 Å². The molecule has 0 saturated carbocycles. The molecule has 3 nitrogen and oxygen atoms in total. The van der Waals surface area contributed by atoms with Crippen molar-refractivity contribution in [2.75, 3.05) is 31.1 Å². The molecular weight excluding hydrogens is 234 g/mol. The maximum absolute atomic E-state index is 3.56. The Hall–Kier alpha value is -1.06. The predicted molar refractivity (Wildman–Crippen MR) is 78.5 cm³/mol. The normalized spacial score (nSPS) is 31.1. The van der Waals surface area contributed by atoms with Crippen LogP contribution in [0.5, 0.6) is 0 Å². The Morgan fingerprint density at radius 3 is 2.95 bits per heavy atom. The monoisotopic (exact) mass is 257 g/mol. The Morgan fingerprint density at radius 2 is 1.95 bits per heavy atom. The minimum Gasteiger partial charge on any atom is -0.365 e. The molecule has 2 atom stereocenters. The van der Waals surface area contributed by atoms with E-state index >= 15 is 0 Å². The van der Waals surface area contributed by atoms with Crippen LogP contribution in [0.3, 0.4) is 0 Å². The molecule has 3 aliphatic heterocycles. The van der Waals surface area contributed by atoms with E-state index in [0.717, 1.165) is 31.7 Å². The van der Waals surface area contributed by atoms with E-state index in [-0.39, 0.29) is 0 Å². The van der Waals surface area contributed by atoms with E-state index in [4.69, 9.17) is 0 Å². The molecule has 3 heteroatoms. The van der Waals surface area contributed by atoms with Crippen molar-refractivity contribution in [3.8, 4) is 0 Å². The first kappa shape index (κ1) is 11.7. The van der Waals surface area contributed by atoms with Crippen molar-refractivity contribution in [1.29, 1.82) is 0 Å². The highest BCUT2D eigenvalue weighted by atomic mass is 15.3. The first-order chi connectivity index (χ1) is 9.43. The van der Waals surface area contributed by atoms with E-state index in [9.17, 15) is 0 Å². The predicted octanol–water partition coefficient (Wildman–Crippen LogP) is 1.83. The van der Waals surface area contributed by atoms with E-state index in [1.165, 1.54) is 43.6 Å². The number of nitrogens with one attached hydrogen (secondary N) is 1. The van der Waals surface area contributed by atoms with Crippen LogP contribution in [0.15, 0.2) is 24.3 Å². The fraction of sp³-hybridized carbons (Fsp3) is 0.625. The minimum absolute atomic E-state index is 0.739. The van der Waals surface area contributed by atoms with Gasteiger partial charge in [-0.1, -0.05) is 18.2 Å². The van der Waals surface area contributed by atoms with Gasteiger partial charge in [0.25, 0.3) is 0 Å². The summed E-state index contributed by atoms with van der Waals surface area (Å²) in [4.78, 5) is 5.41. The molecular formula is C16H23N3. The second-order valence-corrected chi connectivity index (χ2v) is 6.10. The molecule has 4 rings (SSSR count). The zero-order chi connectivity index (χ0) is 12.7. The summed E-state index contributed by atoms with van der Waals surface area (Å²) in [5.74, 6) is 0. The average Bonchev–Trinajstić information content (AvgIpc) is 2.98. The Balaban J connectivity index is 1.67. The van der Waals surface area contributed by atoms with Gasteiger partial charge in [0.2, 0.25) is 0 Å². The summed E-state index contributed by atoms with van der Waals surface area (Å²) in [7, 11) is 0. The Labute approximate surface area is 115 Å². The standard InChI is InChI=1S/C16H23N3/c1-2-5-14-13(4-1)12-17-8-11-19(14)16-7-10-18-9-3-6-15(16)18/h1-2,4-5,15-17H,3,6-12H2. The smallest absolute Gasteiger partial charge is 0.0458 e. The maximum Gasteiger partial charge on any atom is 0.0458 e. The zero-order valence-corrected chi connectivity index (χ0v) is 11.5. The van der Waals surface area contributed by atoms with Crippen molar-refractivity contribution >= 4 is 5.69 Å². The first-order valence-corrected chi connectivity index (χ1v) is 7.73. The van der Waals surface area contributed by atoms with Gasteiger partial charge in [0.15, 0.2) is 0 Å². The molecule has 1 N–H and O–H groups in total. The number of hydrogen-bond acceptors (Lipinski definition) is 3. The van der Waals surface area contributed by atoms with Crippen molar-refractivity contribution < 1.29 is 0 Å². The fourth-order valence-corrected chi connectivity index (χ4v) is 4.25. The average molecular weight is 257 g/mol. The van der Waals surface area contributed by atoms with E-state index in [1.807, 2.05) is 0 Å². The number of nitrogens with zero attached hydrogens (tertiary/aromatic N) is 2. The number of anilines is 1. The number of hydrogen-bond donors (Lipinski definition) is 1. The largest absolute Gasteiger partial charge is 0.365 e. The van der Waals surface area contributed by atoms with E-state index in [1.54, 1.807) is 0 Å². The lowest BCUT2D eigenvalue weighted by Crippen LogP contribution is -2.44. The summed E-state index contributed by atoms with van der Waals surface area (Å²) < 4.78 is 0. The first-order valence-electron chi connectivity index (χ1n) is 7.73. The van der Waals surface area contributed by atoms with E-state index in [0.29, 0.717) is 0 Å². The summed E-state index contributed by atoms with van der Waals surface area (Å²) in [5, 5.41) is 3.56. The lowest BCUT2D eigenvalue weighted by Gasteiger charge is -2.34. The minimum atomic E-state index is 0.739. The molecule has 0 bridgehead atoms. The van der Waals surface area contributed by atoms with Crippen molar-refractivity contribution in [2.24, 2.45) is 0 Å². The highest BCUT2D eigenvalue weighted by Gasteiger charge is 2.40. The van der Waals surface area contributed by atoms with Gasteiger partial charge in [-0.2, -0.15) is 0 Å². The molecule has 1 aromatic rings. The molecule has 2 fully saturated rings. The summed E-state index contributed by atoms with van der Waals surface area (Å²) in [5.41, 5.74) is 2.95. The molecule has 19 heavy (non-hydrogen) atoms. The molecule has 1 aromatic carbocycles. The second kappa shape index (κ2) is 4.80. The number of para-hydroxylation sites is 1. The highest BCUT2D eigenvalue weighted by molar-refractivity contribution is 5.55. The zero-order valence-electron chi connectivity index (χ0n) is 11.5.